The van der Waals surface area contributed by atoms with Crippen LogP contribution < -0.4 is 5.56 Å². The predicted octanol–water partition coefficient (Wildman–Crippen LogP) is 1.74. The number of nitrogens with zero attached hydrogens (tertiary/aromatic N) is 4. The second-order valence-electron chi connectivity index (χ2n) is 6.98. The van der Waals surface area contributed by atoms with Gasteiger partial charge in [-0.3, -0.25) is 4.79 Å². The number of aromatic nitrogens is 3. The van der Waals surface area contributed by atoms with E-state index in [1.54, 1.807) is 16.6 Å². The summed E-state index contributed by atoms with van der Waals surface area (Å²) in [5.74, 6) is 0.185. The van der Waals surface area contributed by atoms with Crippen molar-refractivity contribution in [2.75, 3.05) is 13.1 Å². The standard InChI is InChI=1S/C19H22N4O3S/c1-21-17(13-19(24)23-18(21)7-10-20-23)16-8-11-22(12-9-16)27(25,26)14-15-5-3-2-4-6-15/h2-7,10,13,16H,8-9,11-12,14H2,1H3. The molecule has 0 atom stereocenters. The Bertz CT molecular complexity index is 1110. The Morgan fingerprint density at radius 1 is 1.11 bits per heavy atom. The summed E-state index contributed by atoms with van der Waals surface area (Å²) in [6, 6.07) is 12.7. The van der Waals surface area contributed by atoms with Crippen LogP contribution in [-0.2, 0) is 22.8 Å². The van der Waals surface area contributed by atoms with Gasteiger partial charge in [0.15, 0.2) is 0 Å². The highest BCUT2D eigenvalue weighted by Gasteiger charge is 2.30. The van der Waals surface area contributed by atoms with E-state index in [2.05, 4.69) is 5.10 Å². The first-order valence-electron chi connectivity index (χ1n) is 9.01. The Balaban J connectivity index is 1.51. The van der Waals surface area contributed by atoms with Gasteiger partial charge in [0.05, 0.1) is 11.9 Å². The van der Waals surface area contributed by atoms with Crippen LogP contribution >= 0.6 is 0 Å². The summed E-state index contributed by atoms with van der Waals surface area (Å²) in [6.07, 6.45) is 3.01. The predicted molar refractivity (Wildman–Crippen MR) is 103 cm³/mol. The van der Waals surface area contributed by atoms with Crippen LogP contribution in [0.2, 0.25) is 0 Å². The van der Waals surface area contributed by atoms with Gasteiger partial charge in [0.2, 0.25) is 10.0 Å². The van der Waals surface area contributed by atoms with E-state index in [-0.39, 0.29) is 17.2 Å². The SMILES string of the molecule is Cn1c(C2CCN(S(=O)(=O)Cc3ccccc3)CC2)cc(=O)n2nccc12. The minimum atomic E-state index is -3.34. The third-order valence-corrected chi connectivity index (χ3v) is 7.14. The van der Waals surface area contributed by atoms with E-state index >= 15 is 0 Å². The van der Waals surface area contributed by atoms with Crippen molar-refractivity contribution in [3.05, 3.63) is 70.3 Å². The number of hydrogen-bond donors (Lipinski definition) is 0. The first-order valence-corrected chi connectivity index (χ1v) is 10.6. The normalized spacial score (nSPS) is 16.8. The molecule has 4 rings (SSSR count). The van der Waals surface area contributed by atoms with Crippen LogP contribution in [-0.4, -0.2) is 40.0 Å². The minimum Gasteiger partial charge on any atom is -0.333 e. The molecule has 0 spiro atoms. The van der Waals surface area contributed by atoms with Gasteiger partial charge < -0.3 is 4.57 Å². The van der Waals surface area contributed by atoms with Crippen LogP contribution in [0, 0.1) is 0 Å². The third-order valence-electron chi connectivity index (χ3n) is 5.29. The highest BCUT2D eigenvalue weighted by atomic mass is 32.2. The maximum Gasteiger partial charge on any atom is 0.274 e. The molecule has 2 aromatic heterocycles. The smallest absolute Gasteiger partial charge is 0.274 e. The van der Waals surface area contributed by atoms with Crippen molar-refractivity contribution in [1.29, 1.82) is 0 Å². The fraction of sp³-hybridized carbons (Fsp3) is 0.368. The van der Waals surface area contributed by atoms with Crippen molar-refractivity contribution in [1.82, 2.24) is 18.5 Å². The monoisotopic (exact) mass is 386 g/mol. The van der Waals surface area contributed by atoms with E-state index < -0.39 is 10.0 Å². The van der Waals surface area contributed by atoms with E-state index in [0.717, 1.165) is 16.9 Å². The van der Waals surface area contributed by atoms with E-state index in [9.17, 15) is 13.2 Å². The van der Waals surface area contributed by atoms with Gasteiger partial charge in [0, 0.05) is 43.9 Å². The maximum atomic E-state index is 12.7. The number of benzene rings is 1. The minimum absolute atomic E-state index is 0.0266. The van der Waals surface area contributed by atoms with Gasteiger partial charge in [0.1, 0.15) is 5.65 Å². The molecule has 0 amide bonds. The summed E-state index contributed by atoms with van der Waals surface area (Å²) >= 11 is 0. The third kappa shape index (κ3) is 3.42. The zero-order valence-electron chi connectivity index (χ0n) is 15.2. The molecular formula is C19H22N4O3S. The first kappa shape index (κ1) is 17.9. The van der Waals surface area contributed by atoms with Crippen LogP contribution in [0.3, 0.4) is 0 Å². The molecule has 1 aromatic carbocycles. The molecule has 142 valence electrons. The van der Waals surface area contributed by atoms with Crippen molar-refractivity contribution in [2.45, 2.75) is 24.5 Å². The Kier molecular flexibility index (Phi) is 4.61. The lowest BCUT2D eigenvalue weighted by atomic mass is 9.94. The second-order valence-corrected chi connectivity index (χ2v) is 8.95. The molecule has 0 bridgehead atoms. The zero-order valence-corrected chi connectivity index (χ0v) is 16.0. The van der Waals surface area contributed by atoms with Crippen molar-refractivity contribution >= 4 is 15.7 Å². The van der Waals surface area contributed by atoms with E-state index in [4.69, 9.17) is 0 Å². The topological polar surface area (TPSA) is 76.7 Å². The van der Waals surface area contributed by atoms with Gasteiger partial charge in [-0.25, -0.2) is 12.7 Å². The average Bonchev–Trinajstić information content (AvgIpc) is 3.16. The Labute approximate surface area is 157 Å². The Morgan fingerprint density at radius 3 is 2.52 bits per heavy atom. The molecule has 1 aliphatic rings. The molecule has 0 radical (unpaired) electrons. The molecule has 3 aromatic rings. The van der Waals surface area contributed by atoms with Gasteiger partial charge in [-0.05, 0) is 18.4 Å². The highest BCUT2D eigenvalue weighted by molar-refractivity contribution is 7.88. The molecule has 0 unspecified atom stereocenters. The lowest BCUT2D eigenvalue weighted by Crippen LogP contribution is -2.39. The van der Waals surface area contributed by atoms with Gasteiger partial charge in [-0.2, -0.15) is 9.61 Å². The number of hydrogen-bond acceptors (Lipinski definition) is 4. The summed E-state index contributed by atoms with van der Waals surface area (Å²) in [6.45, 7) is 0.941. The van der Waals surface area contributed by atoms with Crippen molar-refractivity contribution in [3.63, 3.8) is 0 Å². The highest BCUT2D eigenvalue weighted by Crippen LogP contribution is 2.29. The van der Waals surface area contributed by atoms with Gasteiger partial charge >= 0.3 is 0 Å². The number of fused-ring (bicyclic) bond motifs is 1. The molecule has 0 N–H and O–H groups in total. The Morgan fingerprint density at radius 2 is 1.81 bits per heavy atom. The largest absolute Gasteiger partial charge is 0.333 e. The molecule has 27 heavy (non-hydrogen) atoms. The summed E-state index contributed by atoms with van der Waals surface area (Å²) in [5, 5.41) is 4.05. The molecule has 0 aliphatic carbocycles. The van der Waals surface area contributed by atoms with Gasteiger partial charge in [-0.1, -0.05) is 30.3 Å². The molecule has 1 fully saturated rings. The molecule has 8 heteroatoms. The van der Waals surface area contributed by atoms with E-state index in [1.807, 2.05) is 48.0 Å². The van der Waals surface area contributed by atoms with Crippen molar-refractivity contribution < 1.29 is 8.42 Å². The van der Waals surface area contributed by atoms with Gasteiger partial charge in [0.25, 0.3) is 5.56 Å². The van der Waals surface area contributed by atoms with Crippen molar-refractivity contribution in [2.24, 2.45) is 7.05 Å². The summed E-state index contributed by atoms with van der Waals surface area (Å²) < 4.78 is 30.4. The second kappa shape index (κ2) is 6.94. The fourth-order valence-corrected chi connectivity index (χ4v) is 5.40. The Hall–Kier alpha value is -2.45. The molecule has 3 heterocycles. The quantitative estimate of drug-likeness (QED) is 0.684. The molecule has 1 aliphatic heterocycles. The van der Waals surface area contributed by atoms with Crippen LogP contribution in [0.1, 0.15) is 30.0 Å². The van der Waals surface area contributed by atoms with Crippen LogP contribution in [0.4, 0.5) is 0 Å². The maximum absolute atomic E-state index is 12.7. The van der Waals surface area contributed by atoms with E-state index in [1.165, 1.54) is 4.52 Å². The fourth-order valence-electron chi connectivity index (χ4n) is 3.83. The van der Waals surface area contributed by atoms with Gasteiger partial charge in [-0.15, -0.1) is 0 Å². The van der Waals surface area contributed by atoms with E-state index in [0.29, 0.717) is 25.9 Å². The van der Waals surface area contributed by atoms with Crippen LogP contribution in [0.15, 0.2) is 53.5 Å². The van der Waals surface area contributed by atoms with Crippen LogP contribution in [0.25, 0.3) is 5.65 Å². The zero-order chi connectivity index (χ0) is 19.0. The summed E-state index contributed by atoms with van der Waals surface area (Å²) in [7, 11) is -1.41. The summed E-state index contributed by atoms with van der Waals surface area (Å²) in [4.78, 5) is 12.3. The number of sulfonamides is 1. The number of piperidine rings is 1. The first-order chi connectivity index (χ1) is 13.0. The number of rotatable bonds is 4. The average molecular weight is 386 g/mol. The van der Waals surface area contributed by atoms with Crippen molar-refractivity contribution in [3.8, 4) is 0 Å². The lowest BCUT2D eigenvalue weighted by molar-refractivity contribution is 0.313. The summed E-state index contributed by atoms with van der Waals surface area (Å²) in [5.41, 5.74) is 2.33. The molecule has 1 saturated heterocycles. The molecule has 7 nitrogen and oxygen atoms in total. The van der Waals surface area contributed by atoms with Crippen LogP contribution in [0.5, 0.6) is 0 Å². The lowest BCUT2D eigenvalue weighted by Gasteiger charge is -2.32. The molecule has 0 saturated carbocycles. The number of aryl methyl sites for hydroxylation is 1. The molecular weight excluding hydrogens is 364 g/mol.